The number of alkyl halides is 2. The van der Waals surface area contributed by atoms with Crippen LogP contribution in [0, 0.1) is 23.4 Å². The quantitative estimate of drug-likeness (QED) is 0.189. The van der Waals surface area contributed by atoms with Gasteiger partial charge in [-0.05, 0) is 89.1 Å². The number of carbonyl (C=O) groups is 4. The molecule has 1 aliphatic rings. The van der Waals surface area contributed by atoms with E-state index in [9.17, 15) is 23.6 Å². The molecule has 1 fully saturated rings. The van der Waals surface area contributed by atoms with E-state index in [1.165, 1.54) is 47.6 Å². The van der Waals surface area contributed by atoms with E-state index in [4.69, 9.17) is 67.5 Å². The van der Waals surface area contributed by atoms with E-state index in [1.807, 2.05) is 0 Å². The topological polar surface area (TPSA) is 102 Å². The third-order valence-electron chi connectivity index (χ3n) is 7.04. The van der Waals surface area contributed by atoms with Crippen LogP contribution >= 0.6 is 58.0 Å². The molecule has 2 atom stereocenters. The van der Waals surface area contributed by atoms with Gasteiger partial charge >= 0.3 is 12.2 Å². The molecule has 3 aromatic rings. The first-order valence-corrected chi connectivity index (χ1v) is 16.7. The lowest BCUT2D eigenvalue weighted by atomic mass is 10.0. The Hall–Kier alpha value is -3.22. The van der Waals surface area contributed by atoms with Gasteiger partial charge < -0.3 is 14.8 Å². The number of halogens is 8. The second kappa shape index (κ2) is 14.4. The molecule has 0 unspecified atom stereocenters. The zero-order valence-electron chi connectivity index (χ0n) is 27.3. The Balaban J connectivity index is 1.63. The minimum atomic E-state index is -1.56. The standard InChI is InChI=1S/C34H30Cl5F3N2O6/c1-32(2,3)49-30(47)44(31(48)50-33(4,5)6)24-9-15(21(40)14-22(24)41)10-25(45)20-12-19(13-23(42)28(20)37)43-29(46)27-26(34(27,38)39)16-7-17(35)11-18(36)8-16/h7-9,11-14,26-27H,10H2,1-6H3,(H,43,46)/t26-,27+/m0/s1. The molecular weight excluding hydrogens is 767 g/mol. The van der Waals surface area contributed by atoms with E-state index in [0.717, 1.165) is 18.2 Å². The van der Waals surface area contributed by atoms with Crippen LogP contribution in [0.25, 0.3) is 0 Å². The minimum Gasteiger partial charge on any atom is -0.443 e. The van der Waals surface area contributed by atoms with Crippen LogP contribution in [0.2, 0.25) is 15.1 Å². The highest BCUT2D eigenvalue weighted by Gasteiger charge is 2.67. The predicted molar refractivity (Wildman–Crippen MR) is 187 cm³/mol. The molecule has 1 saturated carbocycles. The number of anilines is 2. The van der Waals surface area contributed by atoms with E-state index >= 15 is 8.78 Å². The van der Waals surface area contributed by atoms with Gasteiger partial charge in [0.25, 0.3) is 0 Å². The summed E-state index contributed by atoms with van der Waals surface area (Å²) in [5.41, 5.74) is -3.73. The molecule has 4 rings (SSSR count). The van der Waals surface area contributed by atoms with Gasteiger partial charge in [0.1, 0.15) is 27.2 Å². The molecule has 0 saturated heterocycles. The van der Waals surface area contributed by atoms with Crippen LogP contribution in [0.4, 0.5) is 34.1 Å². The molecule has 3 aromatic carbocycles. The smallest absolute Gasteiger partial charge is 0.424 e. The Morgan fingerprint density at radius 2 is 1.32 bits per heavy atom. The predicted octanol–water partition coefficient (Wildman–Crippen LogP) is 10.7. The number of carbonyl (C=O) groups excluding carboxylic acids is 4. The normalized spacial score (nSPS) is 16.8. The van der Waals surface area contributed by atoms with Crippen molar-refractivity contribution in [2.75, 3.05) is 10.2 Å². The van der Waals surface area contributed by atoms with Crippen LogP contribution < -0.4 is 10.2 Å². The van der Waals surface area contributed by atoms with Gasteiger partial charge in [-0.2, -0.15) is 4.90 Å². The summed E-state index contributed by atoms with van der Waals surface area (Å²) in [6.07, 6.45) is -3.52. The first-order chi connectivity index (χ1) is 22.9. The monoisotopic (exact) mass is 794 g/mol. The fraction of sp³-hybridized carbons (Fsp3) is 0.353. The van der Waals surface area contributed by atoms with Crippen LogP contribution in [0.3, 0.4) is 0 Å². The van der Waals surface area contributed by atoms with Gasteiger partial charge in [0.05, 0.1) is 16.6 Å². The molecule has 0 radical (unpaired) electrons. The molecule has 16 heteroatoms. The summed E-state index contributed by atoms with van der Waals surface area (Å²) in [6, 6.07) is 7.60. The van der Waals surface area contributed by atoms with Crippen molar-refractivity contribution in [2.45, 2.75) is 69.4 Å². The number of nitrogens with one attached hydrogen (secondary N) is 1. The number of amides is 3. The summed E-state index contributed by atoms with van der Waals surface area (Å²) in [5.74, 6) is -7.13. The zero-order chi connectivity index (χ0) is 37.7. The first kappa shape index (κ1) is 39.6. The van der Waals surface area contributed by atoms with Crippen LogP contribution in [-0.4, -0.2) is 39.4 Å². The van der Waals surface area contributed by atoms with Crippen molar-refractivity contribution in [3.8, 4) is 0 Å². The molecule has 3 amide bonds. The Kier molecular flexibility index (Phi) is 11.4. The van der Waals surface area contributed by atoms with Crippen LogP contribution in [0.15, 0.2) is 42.5 Å². The highest BCUT2D eigenvalue weighted by Crippen LogP contribution is 2.65. The summed E-state index contributed by atoms with van der Waals surface area (Å²) < 4.78 is 54.2. The third kappa shape index (κ3) is 9.16. The van der Waals surface area contributed by atoms with Crippen LogP contribution in [0.1, 0.15) is 68.9 Å². The highest BCUT2D eigenvalue weighted by atomic mass is 35.5. The number of benzene rings is 3. The summed E-state index contributed by atoms with van der Waals surface area (Å²) in [4.78, 5) is 53.0. The first-order valence-electron chi connectivity index (χ1n) is 14.8. The molecule has 1 N–H and O–H groups in total. The number of Topliss-reactive ketones (excluding diaryl/α,β-unsaturated/α-hetero) is 1. The lowest BCUT2D eigenvalue weighted by Gasteiger charge is -2.29. The largest absolute Gasteiger partial charge is 0.443 e. The fourth-order valence-corrected chi connectivity index (χ4v) is 6.53. The van der Waals surface area contributed by atoms with Gasteiger partial charge in [-0.25, -0.2) is 22.8 Å². The number of ether oxygens (including phenoxy) is 2. The minimum absolute atomic E-state index is 0.208. The lowest BCUT2D eigenvalue weighted by molar-refractivity contribution is -0.117. The molecule has 0 aliphatic heterocycles. The molecule has 8 nitrogen and oxygen atoms in total. The maximum Gasteiger partial charge on any atom is 0.424 e. The summed E-state index contributed by atoms with van der Waals surface area (Å²) in [7, 11) is 0. The van der Waals surface area contributed by atoms with Crippen molar-refractivity contribution < 1.29 is 41.8 Å². The molecule has 1 aliphatic carbocycles. The van der Waals surface area contributed by atoms with Gasteiger partial charge in [0.15, 0.2) is 11.6 Å². The van der Waals surface area contributed by atoms with Gasteiger partial charge in [-0.1, -0.05) is 34.8 Å². The van der Waals surface area contributed by atoms with E-state index < -0.39 is 97.0 Å². The number of hydrogen-bond donors (Lipinski definition) is 1. The Labute approximate surface area is 311 Å². The number of rotatable bonds is 7. The van der Waals surface area contributed by atoms with Gasteiger partial charge in [-0.15, -0.1) is 23.2 Å². The van der Waals surface area contributed by atoms with Gasteiger partial charge in [0.2, 0.25) is 5.91 Å². The van der Waals surface area contributed by atoms with Gasteiger partial charge in [-0.3, -0.25) is 9.59 Å². The van der Waals surface area contributed by atoms with E-state index in [2.05, 4.69) is 5.32 Å². The SMILES string of the molecule is CC(C)(C)OC(=O)N(C(=O)OC(C)(C)C)c1cc(CC(=O)c2cc(NC(=O)[C@H]3[C@H](c4cc(Cl)cc(Cl)c4)C3(Cl)Cl)cc(F)c2Cl)c(F)cc1F. The average Bonchev–Trinajstić information content (AvgIpc) is 3.52. The number of nitrogens with zero attached hydrogens (tertiary/aromatic N) is 1. The highest BCUT2D eigenvalue weighted by molar-refractivity contribution is 6.53. The molecule has 0 heterocycles. The summed E-state index contributed by atoms with van der Waals surface area (Å²) >= 11 is 31.1. The molecule has 50 heavy (non-hydrogen) atoms. The van der Waals surface area contributed by atoms with Crippen LogP contribution in [0.5, 0.6) is 0 Å². The third-order valence-corrected chi connectivity index (χ3v) is 8.80. The average molecular weight is 797 g/mol. The Morgan fingerprint density at radius 1 is 0.780 bits per heavy atom. The summed E-state index contributed by atoms with van der Waals surface area (Å²) in [5, 5.41) is 2.39. The van der Waals surface area contributed by atoms with Crippen molar-refractivity contribution >= 4 is 93.3 Å². The van der Waals surface area contributed by atoms with E-state index in [1.54, 1.807) is 12.1 Å². The van der Waals surface area contributed by atoms with Crippen LogP contribution in [-0.2, 0) is 20.7 Å². The molecular formula is C34H30Cl5F3N2O6. The van der Waals surface area contributed by atoms with Gasteiger partial charge in [0, 0.05) is 39.7 Å². The molecule has 0 bridgehead atoms. The number of hydrogen-bond acceptors (Lipinski definition) is 6. The Morgan fingerprint density at radius 3 is 1.84 bits per heavy atom. The van der Waals surface area contributed by atoms with Crippen molar-refractivity contribution in [3.63, 3.8) is 0 Å². The molecule has 0 aromatic heterocycles. The van der Waals surface area contributed by atoms with Crippen molar-refractivity contribution in [1.29, 1.82) is 0 Å². The van der Waals surface area contributed by atoms with Crippen molar-refractivity contribution in [3.05, 3.63) is 91.7 Å². The second-order valence-electron chi connectivity index (χ2n) is 13.4. The number of imide groups is 1. The zero-order valence-corrected chi connectivity index (χ0v) is 31.1. The maximum absolute atomic E-state index is 15.2. The van der Waals surface area contributed by atoms with Crippen molar-refractivity contribution in [2.24, 2.45) is 5.92 Å². The molecule has 0 spiro atoms. The maximum atomic E-state index is 15.2. The number of ketones is 1. The lowest BCUT2D eigenvalue weighted by Crippen LogP contribution is -2.44. The second-order valence-corrected chi connectivity index (χ2v) is 16.1. The Bertz CT molecular complexity index is 1850. The fourth-order valence-electron chi connectivity index (χ4n) is 4.95. The van der Waals surface area contributed by atoms with E-state index in [0.29, 0.717) is 11.6 Å². The van der Waals surface area contributed by atoms with Crippen molar-refractivity contribution in [1.82, 2.24) is 0 Å². The summed E-state index contributed by atoms with van der Waals surface area (Å²) in [6.45, 7) is 9.02. The van der Waals surface area contributed by atoms with E-state index in [-0.39, 0.29) is 20.6 Å². The molecule has 268 valence electrons.